The highest BCUT2D eigenvalue weighted by molar-refractivity contribution is 7.87. The van der Waals surface area contributed by atoms with Crippen molar-refractivity contribution in [1.82, 2.24) is 0 Å². The molecule has 0 aromatic heterocycles. The lowest BCUT2D eigenvalue weighted by molar-refractivity contribution is -0.0754. The second-order valence-corrected chi connectivity index (χ2v) is 18.5. The lowest BCUT2D eigenvalue weighted by atomic mass is 10.1. The van der Waals surface area contributed by atoms with Gasteiger partial charge in [-0.2, -0.15) is 26.3 Å². The van der Waals surface area contributed by atoms with E-state index in [0.717, 1.165) is 0 Å². The van der Waals surface area contributed by atoms with Crippen molar-refractivity contribution >= 4 is 18.0 Å². The largest absolute Gasteiger partial charge is 0.460 e. The minimum Gasteiger partial charge on any atom is -0.265 e. The standard InChI is InChI=1S/C32H68P.C2HF6NS/c1-5-9-13-17-18-19-20-21-22-23-24-28-32-33(29-25-14-10-6-2,30-26-15-11-7-3)31-27-16-12-8-4;3-1(4,5)10(9)2(6,7)8/h5-32H2,1-4H3;9H/q+1;. The molecule has 0 radical (unpaired) electrons. The Hall–Kier alpha value is 0.160. The fourth-order valence-electron chi connectivity index (χ4n) is 5.71. The molecule has 0 saturated carbocycles. The molecule has 0 aliphatic carbocycles. The maximum absolute atomic E-state index is 11.0. The van der Waals surface area contributed by atoms with Crippen molar-refractivity contribution in [2.75, 3.05) is 24.6 Å². The number of alkyl halides is 6. The average Bonchev–Trinajstić information content (AvgIpc) is 2.95. The van der Waals surface area contributed by atoms with Gasteiger partial charge in [-0.05, 0) is 51.4 Å². The summed E-state index contributed by atoms with van der Waals surface area (Å²) < 4.78 is 72.0. The number of unbranched alkanes of at least 4 members (excludes halogenated alkanes) is 20. The van der Waals surface area contributed by atoms with Crippen LogP contribution in [0.5, 0.6) is 0 Å². The molecule has 1 nitrogen and oxygen atoms in total. The molecule has 43 heavy (non-hydrogen) atoms. The Morgan fingerprint density at radius 3 is 0.744 bits per heavy atom. The van der Waals surface area contributed by atoms with Crippen LogP contribution in [0, 0.1) is 4.78 Å². The average molecular weight is 669 g/mol. The highest BCUT2D eigenvalue weighted by Crippen LogP contribution is 2.61. The molecule has 0 aliphatic heterocycles. The van der Waals surface area contributed by atoms with Gasteiger partial charge in [0.05, 0.1) is 24.6 Å². The van der Waals surface area contributed by atoms with Gasteiger partial charge in [-0.15, -0.1) is 0 Å². The molecule has 0 bridgehead atoms. The van der Waals surface area contributed by atoms with Crippen molar-refractivity contribution < 1.29 is 26.3 Å². The highest BCUT2D eigenvalue weighted by Gasteiger charge is 2.50. The van der Waals surface area contributed by atoms with E-state index in [1.807, 2.05) is 0 Å². The van der Waals surface area contributed by atoms with Crippen LogP contribution in [0.1, 0.15) is 182 Å². The molecule has 0 saturated heterocycles. The van der Waals surface area contributed by atoms with Crippen molar-refractivity contribution in [3.05, 3.63) is 0 Å². The van der Waals surface area contributed by atoms with E-state index in [2.05, 4.69) is 27.7 Å². The smallest absolute Gasteiger partial charge is 0.265 e. The molecule has 0 heterocycles. The van der Waals surface area contributed by atoms with E-state index in [-0.39, 0.29) is 0 Å². The summed E-state index contributed by atoms with van der Waals surface area (Å²) in [6.45, 7) is 9.41. The van der Waals surface area contributed by atoms with Crippen LogP contribution in [0.2, 0.25) is 0 Å². The predicted molar refractivity (Wildman–Crippen MR) is 182 cm³/mol. The van der Waals surface area contributed by atoms with Crippen molar-refractivity contribution in [2.45, 2.75) is 193 Å². The van der Waals surface area contributed by atoms with E-state index in [9.17, 15) is 26.3 Å². The SMILES string of the molecule is CCCCCCCCCCCCCC[P+](CCCCCC)(CCCCCC)CCCCCC.N=S(C(F)(F)F)C(F)(F)F. The zero-order valence-corrected chi connectivity index (χ0v) is 30.1. The summed E-state index contributed by atoms with van der Waals surface area (Å²) >= 11 is 0. The fourth-order valence-corrected chi connectivity index (χ4v) is 10.9. The van der Waals surface area contributed by atoms with Crippen LogP contribution in [0.15, 0.2) is 0 Å². The molecule has 9 heteroatoms. The Bertz CT molecular complexity index is 565. The van der Waals surface area contributed by atoms with Crippen LogP contribution in [0.4, 0.5) is 26.3 Å². The molecule has 0 atom stereocenters. The summed E-state index contributed by atoms with van der Waals surface area (Å²) in [4.78, 5) is 0. The van der Waals surface area contributed by atoms with Gasteiger partial charge >= 0.3 is 11.0 Å². The van der Waals surface area contributed by atoms with Gasteiger partial charge in [0, 0.05) is 7.26 Å². The van der Waals surface area contributed by atoms with Gasteiger partial charge in [0.2, 0.25) is 0 Å². The minimum absolute atomic E-state index is 0.697. The van der Waals surface area contributed by atoms with E-state index >= 15 is 0 Å². The summed E-state index contributed by atoms with van der Waals surface area (Å²) in [5, 5.41) is 0. The molecule has 0 rings (SSSR count). The third-order valence-corrected chi connectivity index (χ3v) is 14.4. The maximum Gasteiger partial charge on any atom is 0.460 e. The molecule has 0 aromatic rings. The number of rotatable bonds is 28. The summed E-state index contributed by atoms with van der Waals surface area (Å²) in [6, 6.07) is 0. The molecular weight excluding hydrogens is 599 g/mol. The second-order valence-electron chi connectivity index (χ2n) is 12.5. The Labute approximate surface area is 266 Å². The van der Waals surface area contributed by atoms with Crippen molar-refractivity contribution in [3.63, 3.8) is 0 Å². The molecule has 0 aromatic carbocycles. The minimum atomic E-state index is -5.49. The quantitative estimate of drug-likeness (QED) is 0.0487. The Balaban J connectivity index is 0. The molecule has 0 aliphatic rings. The Kier molecular flexibility index (Phi) is 31.1. The van der Waals surface area contributed by atoms with Crippen LogP contribution in [-0.4, -0.2) is 35.7 Å². The zero-order valence-electron chi connectivity index (χ0n) is 28.4. The Morgan fingerprint density at radius 2 is 0.558 bits per heavy atom. The van der Waals surface area contributed by atoms with E-state index in [1.54, 1.807) is 50.3 Å². The van der Waals surface area contributed by atoms with Gasteiger partial charge < -0.3 is 0 Å². The number of hydrogen-bond donors (Lipinski definition) is 1. The molecule has 262 valence electrons. The summed E-state index contributed by atoms with van der Waals surface area (Å²) in [5.41, 5.74) is -11.0. The summed E-state index contributed by atoms with van der Waals surface area (Å²) in [6.07, 6.45) is 42.1. The van der Waals surface area contributed by atoms with E-state index in [4.69, 9.17) is 4.78 Å². The third-order valence-electron chi connectivity index (χ3n) is 8.41. The Morgan fingerprint density at radius 1 is 0.372 bits per heavy atom. The van der Waals surface area contributed by atoms with E-state index in [1.165, 1.54) is 128 Å². The van der Waals surface area contributed by atoms with Crippen LogP contribution in [0.25, 0.3) is 0 Å². The first-order valence-corrected chi connectivity index (χ1v) is 21.6. The zero-order chi connectivity index (χ0) is 32.9. The third kappa shape index (κ3) is 29.3. The monoisotopic (exact) mass is 668 g/mol. The van der Waals surface area contributed by atoms with Gasteiger partial charge in [-0.25, -0.2) is 0 Å². The lowest BCUT2D eigenvalue weighted by Crippen LogP contribution is -2.28. The van der Waals surface area contributed by atoms with E-state index < -0.39 is 29.0 Å². The van der Waals surface area contributed by atoms with Gasteiger partial charge in [0.25, 0.3) is 0 Å². The molecule has 1 N–H and O–H groups in total. The molecule has 0 fully saturated rings. The first kappa shape index (κ1) is 45.3. The van der Waals surface area contributed by atoms with Crippen LogP contribution in [0.3, 0.4) is 0 Å². The predicted octanol–water partition coefficient (Wildman–Crippen LogP) is 14.9. The van der Waals surface area contributed by atoms with Crippen LogP contribution in [-0.2, 0) is 10.7 Å². The lowest BCUT2D eigenvalue weighted by Gasteiger charge is -2.28. The molecule has 0 unspecified atom stereocenters. The first-order valence-electron chi connectivity index (χ1n) is 17.8. The van der Waals surface area contributed by atoms with Crippen molar-refractivity contribution in [3.8, 4) is 0 Å². The van der Waals surface area contributed by atoms with Crippen LogP contribution >= 0.6 is 7.26 Å². The number of hydrogen-bond acceptors (Lipinski definition) is 1. The van der Waals surface area contributed by atoms with Crippen LogP contribution < -0.4 is 0 Å². The molecule has 0 spiro atoms. The van der Waals surface area contributed by atoms with Gasteiger partial charge in [0.1, 0.15) is 10.7 Å². The maximum atomic E-state index is 11.0. The number of halogens is 6. The molecule has 0 amide bonds. The number of nitrogens with one attached hydrogen (secondary N) is 1. The van der Waals surface area contributed by atoms with Crippen molar-refractivity contribution in [2.24, 2.45) is 0 Å². The highest BCUT2D eigenvalue weighted by atomic mass is 32.2. The second kappa shape index (κ2) is 29.6. The fraction of sp³-hybridized carbons (Fsp3) is 1.00. The van der Waals surface area contributed by atoms with Crippen molar-refractivity contribution in [1.29, 1.82) is 4.78 Å². The normalized spacial score (nSPS) is 12.5. The summed E-state index contributed by atoms with van der Waals surface area (Å²) in [5.74, 6) is 0. The van der Waals surface area contributed by atoms with Gasteiger partial charge in [-0.3, -0.25) is 4.78 Å². The van der Waals surface area contributed by atoms with Gasteiger partial charge in [0.15, 0.2) is 0 Å². The van der Waals surface area contributed by atoms with E-state index in [0.29, 0.717) is 0 Å². The van der Waals surface area contributed by atoms with Gasteiger partial charge in [-0.1, -0.05) is 130 Å². The first-order chi connectivity index (χ1) is 20.4. The topological polar surface area (TPSA) is 23.9 Å². The molecular formula is C34H69F6NPS+. The summed E-state index contributed by atoms with van der Waals surface area (Å²) in [7, 11) is -4.95.